The van der Waals surface area contributed by atoms with Crippen LogP contribution in [0.1, 0.15) is 5.69 Å². The molecule has 1 aromatic carbocycles. The van der Waals surface area contributed by atoms with Gasteiger partial charge in [0.15, 0.2) is 0 Å². The molecule has 1 aromatic heterocycles. The van der Waals surface area contributed by atoms with Crippen molar-refractivity contribution in [1.29, 1.82) is 0 Å². The second-order valence-electron chi connectivity index (χ2n) is 3.97. The lowest BCUT2D eigenvalue weighted by Crippen LogP contribution is -2.20. The van der Waals surface area contributed by atoms with E-state index in [0.29, 0.717) is 19.1 Å². The number of hydrogen-bond acceptors (Lipinski definition) is 3. The molecule has 1 N–H and O–H groups in total. The first kappa shape index (κ1) is 13.3. The maximum absolute atomic E-state index is 5.51. The van der Waals surface area contributed by atoms with E-state index >= 15 is 0 Å². The van der Waals surface area contributed by atoms with Crippen LogP contribution >= 0.6 is 11.6 Å². The van der Waals surface area contributed by atoms with Gasteiger partial charge >= 0.3 is 0 Å². The highest BCUT2D eigenvalue weighted by molar-refractivity contribution is 6.17. The van der Waals surface area contributed by atoms with Gasteiger partial charge in [0, 0.05) is 24.4 Å². The van der Waals surface area contributed by atoms with Crippen molar-refractivity contribution in [3.05, 3.63) is 42.1 Å². The van der Waals surface area contributed by atoms with Crippen molar-refractivity contribution in [3.63, 3.8) is 0 Å². The van der Waals surface area contributed by atoms with Crippen LogP contribution in [0.2, 0.25) is 0 Å². The highest BCUT2D eigenvalue weighted by atomic mass is 35.5. The minimum Gasteiger partial charge on any atom is -0.379 e. The largest absolute Gasteiger partial charge is 0.379 e. The predicted molar refractivity (Wildman–Crippen MR) is 75.0 cm³/mol. The van der Waals surface area contributed by atoms with Crippen LogP contribution < -0.4 is 5.32 Å². The first-order valence-electron chi connectivity index (χ1n) is 6.09. The number of fused-ring (bicyclic) bond motifs is 1. The number of halogens is 1. The van der Waals surface area contributed by atoms with Gasteiger partial charge in [-0.1, -0.05) is 24.3 Å². The fourth-order valence-electron chi connectivity index (χ4n) is 1.72. The summed E-state index contributed by atoms with van der Waals surface area (Å²) in [6, 6.07) is 12.3. The molecular formula is C14H17ClN2O. The molecule has 3 nitrogen and oxygen atoms in total. The van der Waals surface area contributed by atoms with Gasteiger partial charge in [-0.05, 0) is 12.1 Å². The number of nitrogens with zero attached hydrogens (tertiary/aromatic N) is 1. The van der Waals surface area contributed by atoms with Crippen LogP contribution in [-0.2, 0) is 11.3 Å². The number of hydrogen-bond donors (Lipinski definition) is 1. The van der Waals surface area contributed by atoms with Crippen molar-refractivity contribution < 1.29 is 4.74 Å². The lowest BCUT2D eigenvalue weighted by molar-refractivity contribution is 0.151. The summed E-state index contributed by atoms with van der Waals surface area (Å²) < 4.78 is 5.28. The molecular weight excluding hydrogens is 248 g/mol. The first-order chi connectivity index (χ1) is 8.90. The fourth-order valence-corrected chi connectivity index (χ4v) is 1.83. The number of alkyl halides is 1. The zero-order chi connectivity index (χ0) is 12.6. The molecule has 0 radical (unpaired) electrons. The van der Waals surface area contributed by atoms with Crippen molar-refractivity contribution in [2.24, 2.45) is 0 Å². The molecule has 0 fully saturated rings. The Balaban J connectivity index is 1.81. The molecule has 0 saturated carbocycles. The number of ether oxygens (including phenoxy) is 1. The van der Waals surface area contributed by atoms with Gasteiger partial charge in [-0.15, -0.1) is 11.6 Å². The molecule has 0 unspecified atom stereocenters. The van der Waals surface area contributed by atoms with Crippen molar-refractivity contribution in [3.8, 4) is 0 Å². The number of nitrogens with one attached hydrogen (secondary N) is 1. The van der Waals surface area contributed by atoms with Gasteiger partial charge < -0.3 is 10.1 Å². The van der Waals surface area contributed by atoms with E-state index in [1.54, 1.807) is 0 Å². The molecule has 2 rings (SSSR count). The molecule has 0 aliphatic heterocycles. The Morgan fingerprint density at radius 1 is 1.11 bits per heavy atom. The van der Waals surface area contributed by atoms with Gasteiger partial charge in [0.25, 0.3) is 0 Å². The zero-order valence-electron chi connectivity index (χ0n) is 10.2. The zero-order valence-corrected chi connectivity index (χ0v) is 11.0. The summed E-state index contributed by atoms with van der Waals surface area (Å²) in [6.07, 6.45) is 0. The van der Waals surface area contributed by atoms with Crippen LogP contribution in [0.4, 0.5) is 0 Å². The number of aromatic nitrogens is 1. The summed E-state index contributed by atoms with van der Waals surface area (Å²) in [5.41, 5.74) is 2.08. The molecule has 2 aromatic rings. The molecule has 96 valence electrons. The standard InChI is InChI=1S/C14H17ClN2O/c15-7-9-18-10-8-16-11-13-6-5-12-3-1-2-4-14(12)17-13/h1-6,16H,7-11H2. The molecule has 0 atom stereocenters. The van der Waals surface area contributed by atoms with Crippen molar-refractivity contribution in [2.45, 2.75) is 6.54 Å². The molecule has 0 spiro atoms. The lowest BCUT2D eigenvalue weighted by Gasteiger charge is -2.06. The van der Waals surface area contributed by atoms with Crippen LogP contribution in [-0.4, -0.2) is 30.6 Å². The van der Waals surface area contributed by atoms with E-state index in [1.165, 1.54) is 5.39 Å². The topological polar surface area (TPSA) is 34.1 Å². The average Bonchev–Trinajstić information content (AvgIpc) is 2.42. The summed E-state index contributed by atoms with van der Waals surface area (Å²) in [5, 5.41) is 4.47. The quantitative estimate of drug-likeness (QED) is 0.617. The third-order valence-corrected chi connectivity index (χ3v) is 2.76. The molecule has 1 heterocycles. The Hall–Kier alpha value is -1.16. The van der Waals surface area contributed by atoms with E-state index < -0.39 is 0 Å². The average molecular weight is 265 g/mol. The van der Waals surface area contributed by atoms with Crippen molar-refractivity contribution >= 4 is 22.5 Å². The summed E-state index contributed by atoms with van der Waals surface area (Å²) in [4.78, 5) is 4.58. The van der Waals surface area contributed by atoms with Gasteiger partial charge in [-0.3, -0.25) is 4.98 Å². The van der Waals surface area contributed by atoms with Crippen LogP contribution in [0.15, 0.2) is 36.4 Å². The maximum Gasteiger partial charge on any atom is 0.0705 e. The van der Waals surface area contributed by atoms with E-state index in [9.17, 15) is 0 Å². The van der Waals surface area contributed by atoms with Crippen LogP contribution in [0.3, 0.4) is 0 Å². The number of para-hydroxylation sites is 1. The highest BCUT2D eigenvalue weighted by Gasteiger charge is 1.97. The number of rotatable bonds is 7. The van der Waals surface area contributed by atoms with E-state index in [1.807, 2.05) is 18.2 Å². The van der Waals surface area contributed by atoms with Gasteiger partial charge in [0.1, 0.15) is 0 Å². The van der Waals surface area contributed by atoms with E-state index in [2.05, 4.69) is 28.5 Å². The minimum atomic E-state index is 0.548. The Kier molecular flexibility index (Phi) is 5.39. The molecule has 0 amide bonds. The number of pyridine rings is 1. The van der Waals surface area contributed by atoms with E-state index in [0.717, 1.165) is 24.3 Å². The Morgan fingerprint density at radius 3 is 2.89 bits per heavy atom. The molecule has 0 saturated heterocycles. The van der Waals surface area contributed by atoms with Crippen molar-refractivity contribution in [1.82, 2.24) is 10.3 Å². The smallest absolute Gasteiger partial charge is 0.0705 e. The molecule has 0 aliphatic rings. The van der Waals surface area contributed by atoms with Crippen molar-refractivity contribution in [2.75, 3.05) is 25.6 Å². The summed E-state index contributed by atoms with van der Waals surface area (Å²) >= 11 is 5.51. The summed E-state index contributed by atoms with van der Waals surface area (Å²) in [7, 11) is 0. The third kappa shape index (κ3) is 3.95. The van der Waals surface area contributed by atoms with Crippen LogP contribution in [0, 0.1) is 0 Å². The molecule has 0 aliphatic carbocycles. The summed E-state index contributed by atoms with van der Waals surface area (Å²) in [5.74, 6) is 0.548. The molecule has 18 heavy (non-hydrogen) atoms. The van der Waals surface area contributed by atoms with Gasteiger partial charge in [0.05, 0.1) is 24.4 Å². The van der Waals surface area contributed by atoms with Crippen LogP contribution in [0.25, 0.3) is 10.9 Å². The highest BCUT2D eigenvalue weighted by Crippen LogP contribution is 2.11. The predicted octanol–water partition coefficient (Wildman–Crippen LogP) is 2.58. The Labute approximate surface area is 112 Å². The SMILES string of the molecule is ClCCOCCNCc1ccc2ccccc2n1. The normalized spacial score (nSPS) is 10.9. The Bertz CT molecular complexity index is 490. The van der Waals surface area contributed by atoms with Gasteiger partial charge in [-0.2, -0.15) is 0 Å². The number of benzene rings is 1. The minimum absolute atomic E-state index is 0.548. The molecule has 4 heteroatoms. The Morgan fingerprint density at radius 2 is 2.00 bits per heavy atom. The fraction of sp³-hybridized carbons (Fsp3) is 0.357. The first-order valence-corrected chi connectivity index (χ1v) is 6.63. The lowest BCUT2D eigenvalue weighted by atomic mass is 10.2. The van der Waals surface area contributed by atoms with E-state index in [-0.39, 0.29) is 0 Å². The maximum atomic E-state index is 5.51. The monoisotopic (exact) mass is 264 g/mol. The van der Waals surface area contributed by atoms with Gasteiger partial charge in [-0.25, -0.2) is 0 Å². The second kappa shape index (κ2) is 7.31. The third-order valence-electron chi connectivity index (χ3n) is 2.61. The summed E-state index contributed by atoms with van der Waals surface area (Å²) in [6.45, 7) is 2.86. The second-order valence-corrected chi connectivity index (χ2v) is 4.35. The van der Waals surface area contributed by atoms with Crippen LogP contribution in [0.5, 0.6) is 0 Å². The van der Waals surface area contributed by atoms with Gasteiger partial charge in [0.2, 0.25) is 0 Å². The van der Waals surface area contributed by atoms with E-state index in [4.69, 9.17) is 16.3 Å². The molecule has 0 bridgehead atoms.